The Kier molecular flexibility index (Phi) is 5.30. The summed E-state index contributed by atoms with van der Waals surface area (Å²) in [5.74, 6) is 0. The topological polar surface area (TPSA) is 49.7 Å². The summed E-state index contributed by atoms with van der Waals surface area (Å²) < 4.78 is 6.00. The number of halogens is 1. The molecule has 2 N–H and O–H groups in total. The van der Waals surface area contributed by atoms with E-state index in [9.17, 15) is 10.2 Å². The highest BCUT2D eigenvalue weighted by Gasteiger charge is 2.47. The molecule has 0 amide bonds. The summed E-state index contributed by atoms with van der Waals surface area (Å²) in [5, 5.41) is 20.4. The van der Waals surface area contributed by atoms with Crippen molar-refractivity contribution >= 4 is 11.6 Å². The van der Waals surface area contributed by atoms with Crippen LogP contribution in [0.15, 0.2) is 42.5 Å². The van der Waals surface area contributed by atoms with E-state index < -0.39 is 6.10 Å². The normalized spacial score (nSPS) is 26.7. The van der Waals surface area contributed by atoms with Crippen molar-refractivity contribution in [3.05, 3.63) is 69.7 Å². The molecule has 0 spiro atoms. The van der Waals surface area contributed by atoms with Crippen LogP contribution >= 0.6 is 11.6 Å². The van der Waals surface area contributed by atoms with E-state index in [0.29, 0.717) is 12.8 Å². The Balaban J connectivity index is 1.66. The van der Waals surface area contributed by atoms with Crippen LogP contribution in [-0.4, -0.2) is 29.0 Å². The number of aliphatic hydroxyl groups excluding tert-OH is 2. The van der Waals surface area contributed by atoms with Gasteiger partial charge < -0.3 is 14.9 Å². The van der Waals surface area contributed by atoms with Crippen molar-refractivity contribution in [2.24, 2.45) is 0 Å². The first-order valence-corrected chi connectivity index (χ1v) is 10.3. The summed E-state index contributed by atoms with van der Waals surface area (Å²) in [4.78, 5) is 0. The lowest BCUT2D eigenvalue weighted by Gasteiger charge is -2.33. The predicted molar refractivity (Wildman–Crippen MR) is 107 cm³/mol. The number of hydrogen-bond acceptors (Lipinski definition) is 3. The Hall–Kier alpha value is -1.39. The van der Waals surface area contributed by atoms with Gasteiger partial charge in [0.05, 0.1) is 24.9 Å². The highest BCUT2D eigenvalue weighted by Crippen LogP contribution is 2.55. The molecule has 3 nitrogen and oxygen atoms in total. The number of benzene rings is 2. The second-order valence-corrected chi connectivity index (χ2v) is 8.33. The van der Waals surface area contributed by atoms with Crippen molar-refractivity contribution in [3.63, 3.8) is 0 Å². The quantitative estimate of drug-likeness (QED) is 0.792. The fourth-order valence-corrected chi connectivity index (χ4v) is 4.63. The summed E-state index contributed by atoms with van der Waals surface area (Å²) in [6.45, 7) is 2.10. The number of hydrogen-bond donors (Lipinski definition) is 2. The third-order valence-corrected chi connectivity index (χ3v) is 6.45. The van der Waals surface area contributed by atoms with Crippen LogP contribution in [0.2, 0.25) is 5.02 Å². The van der Waals surface area contributed by atoms with Gasteiger partial charge in [-0.2, -0.15) is 0 Å². The van der Waals surface area contributed by atoms with Crippen LogP contribution in [0.5, 0.6) is 0 Å². The minimum atomic E-state index is -0.448. The van der Waals surface area contributed by atoms with E-state index >= 15 is 0 Å². The Morgan fingerprint density at radius 3 is 2.48 bits per heavy atom. The monoisotopic (exact) mass is 386 g/mol. The van der Waals surface area contributed by atoms with E-state index in [0.717, 1.165) is 35.4 Å². The van der Waals surface area contributed by atoms with E-state index in [1.54, 1.807) is 0 Å². The van der Waals surface area contributed by atoms with Gasteiger partial charge in [-0.1, -0.05) is 54.9 Å². The van der Waals surface area contributed by atoms with Gasteiger partial charge in [0, 0.05) is 23.3 Å². The first kappa shape index (κ1) is 18.9. The van der Waals surface area contributed by atoms with Crippen LogP contribution in [0, 0.1) is 0 Å². The maximum absolute atomic E-state index is 10.1. The molecule has 4 heteroatoms. The summed E-state index contributed by atoms with van der Waals surface area (Å²) in [5.41, 5.74) is 4.83. The number of ether oxygens (including phenoxy) is 1. The van der Waals surface area contributed by atoms with E-state index in [4.69, 9.17) is 16.3 Å². The summed E-state index contributed by atoms with van der Waals surface area (Å²) >= 11 is 6.62. The molecule has 2 fully saturated rings. The average molecular weight is 387 g/mol. The molecule has 2 aromatic carbocycles. The molecule has 27 heavy (non-hydrogen) atoms. The maximum atomic E-state index is 10.1. The van der Waals surface area contributed by atoms with E-state index in [1.807, 2.05) is 12.1 Å². The van der Waals surface area contributed by atoms with Gasteiger partial charge in [0.15, 0.2) is 0 Å². The summed E-state index contributed by atoms with van der Waals surface area (Å²) in [7, 11) is 0. The van der Waals surface area contributed by atoms with Crippen LogP contribution in [0.25, 0.3) is 0 Å². The largest absolute Gasteiger partial charge is 0.394 e. The van der Waals surface area contributed by atoms with Crippen molar-refractivity contribution < 1.29 is 14.9 Å². The van der Waals surface area contributed by atoms with E-state index in [2.05, 4.69) is 37.3 Å². The minimum absolute atomic E-state index is 0.0109. The second kappa shape index (κ2) is 7.56. The maximum Gasteiger partial charge on any atom is 0.0854 e. The zero-order valence-electron chi connectivity index (χ0n) is 15.7. The zero-order valence-corrected chi connectivity index (χ0v) is 16.5. The molecule has 3 unspecified atom stereocenters. The number of rotatable bonds is 5. The van der Waals surface area contributed by atoms with Crippen molar-refractivity contribution in [3.8, 4) is 0 Å². The van der Waals surface area contributed by atoms with Gasteiger partial charge in [-0.15, -0.1) is 0 Å². The highest BCUT2D eigenvalue weighted by atomic mass is 35.5. The SMILES string of the molecule is CCc1ccc(C2(c3cc(C4CC(O)CC(CO)O4)ccc3Cl)CC2)cc1. The molecular weight excluding hydrogens is 360 g/mol. The number of aliphatic hydroxyl groups is 2. The van der Waals surface area contributed by atoms with Gasteiger partial charge in [0.2, 0.25) is 0 Å². The van der Waals surface area contributed by atoms with Crippen molar-refractivity contribution in [1.29, 1.82) is 0 Å². The molecule has 0 radical (unpaired) electrons. The third kappa shape index (κ3) is 3.66. The summed E-state index contributed by atoms with van der Waals surface area (Å²) in [6, 6.07) is 15.0. The molecule has 2 aliphatic rings. The molecule has 1 aliphatic heterocycles. The fourth-order valence-electron chi connectivity index (χ4n) is 4.33. The third-order valence-electron chi connectivity index (χ3n) is 6.12. The minimum Gasteiger partial charge on any atom is -0.394 e. The van der Waals surface area contributed by atoms with Gasteiger partial charge in [-0.05, 0) is 47.6 Å². The van der Waals surface area contributed by atoms with Gasteiger partial charge in [0.25, 0.3) is 0 Å². The fraction of sp³-hybridized carbons (Fsp3) is 0.478. The molecule has 1 heterocycles. The van der Waals surface area contributed by atoms with Crippen LogP contribution in [-0.2, 0) is 16.6 Å². The lowest BCUT2D eigenvalue weighted by Crippen LogP contribution is -2.33. The molecule has 1 saturated carbocycles. The van der Waals surface area contributed by atoms with Crippen LogP contribution in [0.1, 0.15) is 61.0 Å². The Morgan fingerprint density at radius 2 is 1.85 bits per heavy atom. The van der Waals surface area contributed by atoms with Crippen LogP contribution in [0.4, 0.5) is 0 Å². The van der Waals surface area contributed by atoms with Crippen LogP contribution in [0.3, 0.4) is 0 Å². The average Bonchev–Trinajstić information content (AvgIpc) is 3.49. The molecule has 3 atom stereocenters. The molecule has 144 valence electrons. The van der Waals surface area contributed by atoms with Gasteiger partial charge in [-0.25, -0.2) is 0 Å². The van der Waals surface area contributed by atoms with E-state index in [1.165, 1.54) is 11.1 Å². The molecule has 2 aromatic rings. The number of aryl methyl sites for hydroxylation is 1. The smallest absolute Gasteiger partial charge is 0.0854 e. The van der Waals surface area contributed by atoms with Crippen molar-refractivity contribution in [1.82, 2.24) is 0 Å². The predicted octanol–water partition coefficient (Wildman–Crippen LogP) is 4.56. The Bertz CT molecular complexity index is 798. The Morgan fingerprint density at radius 1 is 1.11 bits per heavy atom. The lowest BCUT2D eigenvalue weighted by atomic mass is 9.85. The molecule has 1 saturated heterocycles. The standard InChI is InChI=1S/C23H27ClO3/c1-2-15-3-6-17(7-4-15)23(9-10-23)20-11-16(5-8-21(20)24)22-13-18(26)12-19(14-25)27-22/h3-8,11,18-19,22,25-26H,2,9-10,12-14H2,1H3. The summed E-state index contributed by atoms with van der Waals surface area (Å²) in [6.07, 6.45) is 3.30. The molecule has 0 aromatic heterocycles. The van der Waals surface area contributed by atoms with Gasteiger partial charge in [-0.3, -0.25) is 0 Å². The van der Waals surface area contributed by atoms with Crippen molar-refractivity contribution in [2.45, 2.75) is 62.8 Å². The van der Waals surface area contributed by atoms with Gasteiger partial charge >= 0.3 is 0 Å². The van der Waals surface area contributed by atoms with Crippen LogP contribution < -0.4 is 0 Å². The highest BCUT2D eigenvalue weighted by molar-refractivity contribution is 6.31. The second-order valence-electron chi connectivity index (χ2n) is 7.93. The first-order chi connectivity index (χ1) is 13.1. The molecule has 0 bridgehead atoms. The molecule has 1 aliphatic carbocycles. The first-order valence-electron chi connectivity index (χ1n) is 9.89. The molecular formula is C23H27ClO3. The lowest BCUT2D eigenvalue weighted by molar-refractivity contribution is -0.113. The van der Waals surface area contributed by atoms with Crippen molar-refractivity contribution in [2.75, 3.05) is 6.61 Å². The zero-order chi connectivity index (χ0) is 19.0. The molecule has 4 rings (SSSR count). The van der Waals surface area contributed by atoms with Gasteiger partial charge in [0.1, 0.15) is 0 Å². The van der Waals surface area contributed by atoms with E-state index in [-0.39, 0.29) is 24.2 Å². The Labute approximate surface area is 165 Å².